The maximum Gasteiger partial charge on any atom is 0.262 e. The van der Waals surface area contributed by atoms with Gasteiger partial charge in [0.25, 0.3) is 5.91 Å². The van der Waals surface area contributed by atoms with Gasteiger partial charge in [-0.1, -0.05) is 18.2 Å². The van der Waals surface area contributed by atoms with E-state index in [1.54, 1.807) is 47.4 Å². The molecular weight excluding hydrogens is 332 g/mol. The Bertz CT molecular complexity index is 847. The Hall–Kier alpha value is -3.15. The minimum atomic E-state index is -0.317. The third-order valence-electron chi connectivity index (χ3n) is 4.13. The van der Waals surface area contributed by atoms with E-state index in [4.69, 9.17) is 4.74 Å². The Labute approximate surface area is 151 Å². The topological polar surface area (TPSA) is 75.7 Å². The monoisotopic (exact) mass is 352 g/mol. The lowest BCUT2D eigenvalue weighted by Crippen LogP contribution is -2.24. The lowest BCUT2D eigenvalue weighted by atomic mass is 10.1. The number of benzene rings is 2. The first-order valence-electron chi connectivity index (χ1n) is 8.47. The predicted octanol–water partition coefficient (Wildman–Crippen LogP) is 3.03. The predicted molar refractivity (Wildman–Crippen MR) is 98.6 cm³/mol. The standard InChI is InChI=1S/C20H20N2O4/c1-14(23)15-5-2-8-18(11-15)26-13-19(24)21-16-6-3-7-17(12-16)22-10-4-9-20(22)25/h2-3,5-8,11-12H,4,9-10,13H2,1H3,(H,21,24). The summed E-state index contributed by atoms with van der Waals surface area (Å²) in [6, 6.07) is 13.9. The van der Waals surface area contributed by atoms with E-state index in [0.717, 1.165) is 12.1 Å². The van der Waals surface area contributed by atoms with Crippen molar-refractivity contribution in [2.45, 2.75) is 19.8 Å². The fourth-order valence-electron chi connectivity index (χ4n) is 2.82. The largest absolute Gasteiger partial charge is 0.484 e. The Kier molecular flexibility index (Phi) is 5.31. The number of ether oxygens (including phenoxy) is 1. The number of hydrogen-bond donors (Lipinski definition) is 1. The molecule has 0 bridgehead atoms. The van der Waals surface area contributed by atoms with Crippen LogP contribution in [0.2, 0.25) is 0 Å². The Morgan fingerprint density at radius 3 is 2.69 bits per heavy atom. The molecule has 1 fully saturated rings. The smallest absolute Gasteiger partial charge is 0.262 e. The van der Waals surface area contributed by atoms with Gasteiger partial charge in [-0.3, -0.25) is 14.4 Å². The quantitative estimate of drug-likeness (QED) is 0.811. The number of amides is 2. The summed E-state index contributed by atoms with van der Waals surface area (Å²) in [7, 11) is 0. The summed E-state index contributed by atoms with van der Waals surface area (Å²) in [6.07, 6.45) is 1.41. The molecule has 1 heterocycles. The molecule has 0 atom stereocenters. The Morgan fingerprint density at radius 2 is 1.96 bits per heavy atom. The molecule has 0 aromatic heterocycles. The van der Waals surface area contributed by atoms with E-state index in [1.165, 1.54) is 6.92 Å². The minimum absolute atomic E-state index is 0.0619. The zero-order valence-corrected chi connectivity index (χ0v) is 14.5. The summed E-state index contributed by atoms with van der Waals surface area (Å²) in [5.74, 6) is 0.183. The molecule has 2 amide bonds. The number of nitrogens with one attached hydrogen (secondary N) is 1. The van der Waals surface area contributed by atoms with Crippen LogP contribution >= 0.6 is 0 Å². The van der Waals surface area contributed by atoms with E-state index in [-0.39, 0.29) is 24.2 Å². The van der Waals surface area contributed by atoms with Crippen molar-refractivity contribution < 1.29 is 19.1 Å². The van der Waals surface area contributed by atoms with Crippen LogP contribution in [0.5, 0.6) is 5.75 Å². The van der Waals surface area contributed by atoms with E-state index >= 15 is 0 Å². The van der Waals surface area contributed by atoms with E-state index in [2.05, 4.69) is 5.32 Å². The molecule has 6 nitrogen and oxygen atoms in total. The Morgan fingerprint density at radius 1 is 1.15 bits per heavy atom. The number of carbonyl (C=O) groups excluding carboxylic acids is 3. The molecule has 1 N–H and O–H groups in total. The van der Waals surface area contributed by atoms with Gasteiger partial charge in [0.05, 0.1) is 0 Å². The van der Waals surface area contributed by atoms with Gasteiger partial charge in [-0.25, -0.2) is 0 Å². The van der Waals surface area contributed by atoms with Gasteiger partial charge in [-0.15, -0.1) is 0 Å². The van der Waals surface area contributed by atoms with E-state index in [9.17, 15) is 14.4 Å². The molecule has 3 rings (SSSR count). The van der Waals surface area contributed by atoms with Crippen molar-refractivity contribution in [3.63, 3.8) is 0 Å². The lowest BCUT2D eigenvalue weighted by Gasteiger charge is -2.16. The fourth-order valence-corrected chi connectivity index (χ4v) is 2.82. The summed E-state index contributed by atoms with van der Waals surface area (Å²) < 4.78 is 5.45. The highest BCUT2D eigenvalue weighted by Crippen LogP contribution is 2.24. The van der Waals surface area contributed by atoms with Crippen molar-refractivity contribution in [1.29, 1.82) is 0 Å². The van der Waals surface area contributed by atoms with Crippen molar-refractivity contribution in [2.24, 2.45) is 0 Å². The van der Waals surface area contributed by atoms with Crippen LogP contribution in [-0.2, 0) is 9.59 Å². The number of anilines is 2. The SMILES string of the molecule is CC(=O)c1cccc(OCC(=O)Nc2cccc(N3CCCC3=O)c2)c1. The summed E-state index contributed by atoms with van der Waals surface area (Å²) in [6.45, 7) is 2.00. The van der Waals surface area contributed by atoms with Gasteiger partial charge in [-0.05, 0) is 43.7 Å². The third-order valence-corrected chi connectivity index (χ3v) is 4.13. The van der Waals surface area contributed by atoms with Crippen LogP contribution in [0.3, 0.4) is 0 Å². The molecule has 1 aliphatic heterocycles. The summed E-state index contributed by atoms with van der Waals surface area (Å²) in [5, 5.41) is 2.76. The van der Waals surface area contributed by atoms with E-state index in [0.29, 0.717) is 30.0 Å². The van der Waals surface area contributed by atoms with Gasteiger partial charge < -0.3 is 15.0 Å². The second kappa shape index (κ2) is 7.82. The molecule has 134 valence electrons. The lowest BCUT2D eigenvalue weighted by molar-refractivity contribution is -0.118. The number of ketones is 1. The second-order valence-electron chi connectivity index (χ2n) is 6.12. The van der Waals surface area contributed by atoms with Crippen LogP contribution in [0.4, 0.5) is 11.4 Å². The van der Waals surface area contributed by atoms with Crippen LogP contribution in [0.25, 0.3) is 0 Å². The minimum Gasteiger partial charge on any atom is -0.484 e. The number of carbonyl (C=O) groups is 3. The first-order valence-corrected chi connectivity index (χ1v) is 8.47. The highest BCUT2D eigenvalue weighted by Gasteiger charge is 2.21. The van der Waals surface area contributed by atoms with Gasteiger partial charge in [0.2, 0.25) is 5.91 Å². The molecule has 0 spiro atoms. The van der Waals surface area contributed by atoms with Crippen molar-refractivity contribution in [3.05, 3.63) is 54.1 Å². The maximum atomic E-state index is 12.1. The molecule has 1 saturated heterocycles. The van der Waals surface area contributed by atoms with Crippen molar-refractivity contribution in [3.8, 4) is 5.75 Å². The van der Waals surface area contributed by atoms with Gasteiger partial charge in [0.15, 0.2) is 12.4 Å². The molecule has 26 heavy (non-hydrogen) atoms. The number of hydrogen-bond acceptors (Lipinski definition) is 4. The van der Waals surface area contributed by atoms with Crippen LogP contribution < -0.4 is 15.0 Å². The van der Waals surface area contributed by atoms with Crippen molar-refractivity contribution in [2.75, 3.05) is 23.4 Å². The van der Waals surface area contributed by atoms with Crippen molar-refractivity contribution in [1.82, 2.24) is 0 Å². The van der Waals surface area contributed by atoms with E-state index in [1.807, 2.05) is 6.07 Å². The fraction of sp³-hybridized carbons (Fsp3) is 0.250. The molecule has 0 radical (unpaired) electrons. The molecular formula is C20H20N2O4. The number of rotatable bonds is 6. The molecule has 0 aliphatic carbocycles. The second-order valence-corrected chi connectivity index (χ2v) is 6.12. The summed E-state index contributed by atoms with van der Waals surface area (Å²) >= 11 is 0. The molecule has 1 aliphatic rings. The summed E-state index contributed by atoms with van der Waals surface area (Å²) in [4.78, 5) is 37.1. The number of Topliss-reactive ketones (excluding diaryl/α,β-unsaturated/α-hetero) is 1. The third kappa shape index (κ3) is 4.27. The summed E-state index contributed by atoms with van der Waals surface area (Å²) in [5.41, 5.74) is 1.92. The van der Waals surface area contributed by atoms with E-state index < -0.39 is 0 Å². The molecule has 2 aromatic rings. The van der Waals surface area contributed by atoms with Gasteiger partial charge in [-0.2, -0.15) is 0 Å². The average molecular weight is 352 g/mol. The first-order chi connectivity index (χ1) is 12.5. The van der Waals surface area contributed by atoms with Crippen LogP contribution in [0, 0.1) is 0 Å². The van der Waals surface area contributed by atoms with Crippen LogP contribution in [0.1, 0.15) is 30.1 Å². The zero-order valence-electron chi connectivity index (χ0n) is 14.5. The average Bonchev–Trinajstić information content (AvgIpc) is 3.06. The first kappa shape index (κ1) is 17.7. The molecule has 0 unspecified atom stereocenters. The molecule has 0 saturated carbocycles. The normalized spacial score (nSPS) is 13.6. The van der Waals surface area contributed by atoms with Crippen LogP contribution in [-0.4, -0.2) is 30.7 Å². The zero-order chi connectivity index (χ0) is 18.5. The Balaban J connectivity index is 1.59. The highest BCUT2D eigenvalue weighted by molar-refractivity contribution is 5.97. The van der Waals surface area contributed by atoms with Gasteiger partial charge >= 0.3 is 0 Å². The maximum absolute atomic E-state index is 12.1. The molecule has 6 heteroatoms. The molecule has 2 aromatic carbocycles. The van der Waals surface area contributed by atoms with Crippen molar-refractivity contribution >= 4 is 29.0 Å². The highest BCUT2D eigenvalue weighted by atomic mass is 16.5. The van der Waals surface area contributed by atoms with Gasteiger partial charge in [0.1, 0.15) is 5.75 Å². The van der Waals surface area contributed by atoms with Gasteiger partial charge in [0, 0.05) is 29.9 Å². The van der Waals surface area contributed by atoms with Crippen LogP contribution in [0.15, 0.2) is 48.5 Å². The number of nitrogens with zero attached hydrogens (tertiary/aromatic N) is 1.